The zero-order chi connectivity index (χ0) is 13.3. The molecule has 2 rings (SSSR count). The minimum Gasteiger partial charge on any atom is -0.374 e. The number of hydrogen-bond acceptors (Lipinski definition) is 2. The van der Waals surface area contributed by atoms with E-state index in [9.17, 15) is 4.79 Å². The summed E-state index contributed by atoms with van der Waals surface area (Å²) in [5.41, 5.74) is 0. The number of carbonyl (C=O) groups excluding carboxylic acids is 1. The lowest BCUT2D eigenvalue weighted by Gasteiger charge is -2.19. The summed E-state index contributed by atoms with van der Waals surface area (Å²) < 4.78 is 5.71. The van der Waals surface area contributed by atoms with E-state index in [1.165, 1.54) is 0 Å². The molecule has 1 aliphatic carbocycles. The minimum atomic E-state index is -0.00629. The number of alkyl halides is 1. The molecule has 0 aromatic heterocycles. The summed E-state index contributed by atoms with van der Waals surface area (Å²) in [6.45, 7) is 6.91. The van der Waals surface area contributed by atoms with Crippen molar-refractivity contribution < 1.29 is 9.53 Å². The number of nitrogens with one attached hydrogen (secondary N) is 1. The molecule has 0 bridgehead atoms. The number of amides is 1. The molecule has 1 amide bonds. The Balaban J connectivity index is 1.81. The lowest BCUT2D eigenvalue weighted by molar-refractivity contribution is -0.127. The molecule has 2 aliphatic rings. The summed E-state index contributed by atoms with van der Waals surface area (Å²) in [5.74, 6) is 0.997. The van der Waals surface area contributed by atoms with Crippen LogP contribution < -0.4 is 5.32 Å². The van der Waals surface area contributed by atoms with Gasteiger partial charge in [0.2, 0.25) is 5.91 Å². The van der Waals surface area contributed by atoms with Crippen LogP contribution in [0.25, 0.3) is 0 Å². The molecule has 104 valence electrons. The topological polar surface area (TPSA) is 38.3 Å². The molecule has 1 saturated heterocycles. The van der Waals surface area contributed by atoms with Gasteiger partial charge < -0.3 is 10.1 Å². The maximum absolute atomic E-state index is 12.2. The van der Waals surface area contributed by atoms with Crippen LogP contribution in [0.5, 0.6) is 0 Å². The van der Waals surface area contributed by atoms with Crippen LogP contribution in [-0.2, 0) is 9.53 Å². The molecule has 0 aromatic carbocycles. The van der Waals surface area contributed by atoms with Gasteiger partial charge in [0.25, 0.3) is 0 Å². The molecule has 1 N–H and O–H groups in total. The number of hydrogen-bond donors (Lipinski definition) is 1. The second kappa shape index (κ2) is 5.79. The van der Waals surface area contributed by atoms with E-state index in [-0.39, 0.29) is 24.0 Å². The van der Waals surface area contributed by atoms with Crippen molar-refractivity contribution in [3.63, 3.8) is 0 Å². The Hall–Kier alpha value is -0.280. The van der Waals surface area contributed by atoms with Gasteiger partial charge in [-0.05, 0) is 44.9 Å². The van der Waals surface area contributed by atoms with E-state index in [1.807, 2.05) is 13.8 Å². The molecule has 0 spiro atoms. The second-order valence-electron chi connectivity index (χ2n) is 5.95. The monoisotopic (exact) mass is 273 g/mol. The van der Waals surface area contributed by atoms with E-state index < -0.39 is 0 Å². The molecule has 18 heavy (non-hydrogen) atoms. The molecule has 4 heteroatoms. The molecule has 6 unspecified atom stereocenters. The van der Waals surface area contributed by atoms with Crippen LogP contribution in [0.1, 0.15) is 40.0 Å². The molecule has 1 aliphatic heterocycles. The molecule has 3 nitrogen and oxygen atoms in total. The Bertz CT molecular complexity index is 310. The van der Waals surface area contributed by atoms with E-state index in [4.69, 9.17) is 16.3 Å². The van der Waals surface area contributed by atoms with Gasteiger partial charge in [-0.25, -0.2) is 0 Å². The first-order valence-electron chi connectivity index (χ1n) is 7.06. The summed E-state index contributed by atoms with van der Waals surface area (Å²) >= 11 is 6.08. The smallest absolute Gasteiger partial charge is 0.226 e. The SMILES string of the molecule is CC1OC(C)C(C(=O)NCC2CCC(Cl)C2)C1C. The van der Waals surface area contributed by atoms with E-state index in [2.05, 4.69) is 12.2 Å². The van der Waals surface area contributed by atoms with Gasteiger partial charge in [-0.15, -0.1) is 11.6 Å². The second-order valence-corrected chi connectivity index (χ2v) is 6.57. The van der Waals surface area contributed by atoms with Crippen molar-refractivity contribution in [3.05, 3.63) is 0 Å². The molecular weight excluding hydrogens is 250 g/mol. The first-order valence-corrected chi connectivity index (χ1v) is 7.50. The van der Waals surface area contributed by atoms with Crippen LogP contribution in [-0.4, -0.2) is 30.0 Å². The average molecular weight is 274 g/mol. The van der Waals surface area contributed by atoms with Gasteiger partial charge in [-0.1, -0.05) is 6.92 Å². The quantitative estimate of drug-likeness (QED) is 0.803. The van der Waals surface area contributed by atoms with Gasteiger partial charge in [0.15, 0.2) is 0 Å². The minimum absolute atomic E-state index is 0.00629. The summed E-state index contributed by atoms with van der Waals surface area (Å²) in [7, 11) is 0. The van der Waals surface area contributed by atoms with E-state index in [0.717, 1.165) is 25.8 Å². The van der Waals surface area contributed by atoms with Crippen LogP contribution in [0.4, 0.5) is 0 Å². The summed E-state index contributed by atoms with van der Waals surface area (Å²) in [5, 5.41) is 3.40. The van der Waals surface area contributed by atoms with Crippen molar-refractivity contribution in [2.45, 2.75) is 57.6 Å². The Morgan fingerprint density at radius 2 is 2.00 bits per heavy atom. The maximum Gasteiger partial charge on any atom is 0.226 e. The Labute approximate surface area is 115 Å². The largest absolute Gasteiger partial charge is 0.374 e. The normalized spacial score (nSPS) is 44.2. The molecule has 0 aromatic rings. The van der Waals surface area contributed by atoms with Crippen LogP contribution in [0.15, 0.2) is 0 Å². The van der Waals surface area contributed by atoms with Crippen molar-refractivity contribution in [2.75, 3.05) is 6.54 Å². The van der Waals surface area contributed by atoms with Gasteiger partial charge in [-0.2, -0.15) is 0 Å². The van der Waals surface area contributed by atoms with Crippen LogP contribution in [0.3, 0.4) is 0 Å². The predicted molar refractivity (Wildman–Crippen MR) is 72.7 cm³/mol. The highest BCUT2D eigenvalue weighted by atomic mass is 35.5. The molecule has 6 atom stereocenters. The fraction of sp³-hybridized carbons (Fsp3) is 0.929. The number of rotatable bonds is 3. The Morgan fingerprint density at radius 3 is 2.50 bits per heavy atom. The summed E-state index contributed by atoms with van der Waals surface area (Å²) in [6.07, 6.45) is 3.45. The first kappa shape index (κ1) is 14.1. The van der Waals surface area contributed by atoms with E-state index in [1.54, 1.807) is 0 Å². The van der Waals surface area contributed by atoms with Crippen molar-refractivity contribution in [1.29, 1.82) is 0 Å². The Morgan fingerprint density at radius 1 is 1.28 bits per heavy atom. The van der Waals surface area contributed by atoms with Gasteiger partial charge in [0, 0.05) is 11.9 Å². The highest BCUT2D eigenvalue weighted by molar-refractivity contribution is 6.20. The zero-order valence-corrected chi connectivity index (χ0v) is 12.2. The Kier molecular flexibility index (Phi) is 4.54. The van der Waals surface area contributed by atoms with Crippen molar-refractivity contribution in [1.82, 2.24) is 5.32 Å². The van der Waals surface area contributed by atoms with Gasteiger partial charge in [0.1, 0.15) is 0 Å². The summed E-state index contributed by atoms with van der Waals surface area (Å²) in [6, 6.07) is 0. The fourth-order valence-corrected chi connectivity index (χ4v) is 3.66. The number of halogens is 1. The van der Waals surface area contributed by atoms with E-state index >= 15 is 0 Å². The molecule has 2 fully saturated rings. The fourth-order valence-electron chi connectivity index (χ4n) is 3.28. The van der Waals surface area contributed by atoms with E-state index in [0.29, 0.717) is 17.2 Å². The lowest BCUT2D eigenvalue weighted by Crippen LogP contribution is -2.39. The first-order chi connectivity index (χ1) is 8.49. The van der Waals surface area contributed by atoms with Gasteiger partial charge in [0.05, 0.1) is 18.1 Å². The molecule has 1 heterocycles. The third-order valence-corrected chi connectivity index (χ3v) is 4.98. The van der Waals surface area contributed by atoms with Gasteiger partial charge >= 0.3 is 0 Å². The third-order valence-electron chi connectivity index (χ3n) is 4.59. The van der Waals surface area contributed by atoms with Gasteiger partial charge in [-0.3, -0.25) is 4.79 Å². The average Bonchev–Trinajstić information content (AvgIpc) is 2.82. The highest BCUT2D eigenvalue weighted by Crippen LogP contribution is 2.33. The van der Waals surface area contributed by atoms with Crippen molar-refractivity contribution >= 4 is 17.5 Å². The third kappa shape index (κ3) is 3.00. The maximum atomic E-state index is 12.2. The number of ether oxygens (including phenoxy) is 1. The number of carbonyl (C=O) groups is 1. The van der Waals surface area contributed by atoms with Crippen molar-refractivity contribution in [3.8, 4) is 0 Å². The molecular formula is C14H24ClNO2. The summed E-state index contributed by atoms with van der Waals surface area (Å²) in [4.78, 5) is 12.2. The predicted octanol–water partition coefficient (Wildman–Crippen LogP) is 2.57. The van der Waals surface area contributed by atoms with Crippen LogP contribution in [0.2, 0.25) is 0 Å². The van der Waals surface area contributed by atoms with Crippen molar-refractivity contribution in [2.24, 2.45) is 17.8 Å². The van der Waals surface area contributed by atoms with Crippen LogP contribution >= 0.6 is 11.6 Å². The lowest BCUT2D eigenvalue weighted by atomic mass is 9.88. The highest BCUT2D eigenvalue weighted by Gasteiger charge is 2.41. The van der Waals surface area contributed by atoms with Crippen LogP contribution in [0, 0.1) is 17.8 Å². The zero-order valence-electron chi connectivity index (χ0n) is 11.5. The molecule has 0 radical (unpaired) electrons. The molecule has 1 saturated carbocycles. The standard InChI is InChI=1S/C14H24ClNO2/c1-8-9(2)18-10(3)13(8)14(17)16-7-11-4-5-12(15)6-11/h8-13H,4-7H2,1-3H3,(H,16,17).